The largest absolute Gasteiger partial charge is 0.481 e. The normalized spacial score (nSPS) is 20.3. The minimum Gasteiger partial charge on any atom is -0.481 e. The Bertz CT molecular complexity index is 1160. The highest BCUT2D eigenvalue weighted by Crippen LogP contribution is 2.43. The molecule has 0 radical (unpaired) electrons. The van der Waals surface area contributed by atoms with Gasteiger partial charge in [-0.15, -0.1) is 0 Å². The monoisotopic (exact) mass is 568 g/mol. The number of rotatable bonds is 15. The molecule has 2 aliphatic rings. The molecule has 2 aliphatic heterocycles. The number of benzene rings is 1. The van der Waals surface area contributed by atoms with E-state index in [4.69, 9.17) is 9.47 Å². The van der Waals surface area contributed by atoms with Crippen LogP contribution in [0.3, 0.4) is 0 Å². The Morgan fingerprint density at radius 2 is 1.80 bits per heavy atom. The van der Waals surface area contributed by atoms with Crippen LogP contribution in [-0.4, -0.2) is 108 Å². The Hall–Kier alpha value is -3.24. The van der Waals surface area contributed by atoms with E-state index in [1.165, 1.54) is 0 Å². The standard InChI is InChI=1S/C31H45N5O5/c1-5-6-16-34(17-7-8-18-36(2,3)4)29(37)21-35-20-24(23-10-12-26-27(19-23)41-22-40-26)30(31(38)39)25(35)11-13-28-32-14-9-15-33-28/h9-10,12,14-15,19,24-25,30H,5-8,11,13,16-18,20-22H2,1-4H3/p+1/t24-,25+,30-/m1/s1. The lowest BCUT2D eigenvalue weighted by atomic mass is 9.83. The molecule has 224 valence electrons. The molecular weight excluding hydrogens is 522 g/mol. The van der Waals surface area contributed by atoms with E-state index in [2.05, 4.69) is 42.9 Å². The maximum atomic E-state index is 13.8. The van der Waals surface area contributed by atoms with E-state index in [1.807, 2.05) is 23.1 Å². The molecule has 0 spiro atoms. The molecule has 10 heteroatoms. The predicted octanol–water partition coefficient (Wildman–Crippen LogP) is 3.42. The Morgan fingerprint density at radius 1 is 1.07 bits per heavy atom. The first kappa shape index (κ1) is 30.7. The Morgan fingerprint density at radius 3 is 2.51 bits per heavy atom. The van der Waals surface area contributed by atoms with Crippen LogP contribution in [0, 0.1) is 5.92 Å². The number of likely N-dealkylation sites (tertiary alicyclic amines) is 1. The number of ether oxygens (including phenoxy) is 2. The lowest BCUT2D eigenvalue weighted by molar-refractivity contribution is -0.870. The van der Waals surface area contributed by atoms with Crippen molar-refractivity contribution in [1.82, 2.24) is 19.8 Å². The van der Waals surface area contributed by atoms with Crippen LogP contribution in [0.2, 0.25) is 0 Å². The average molecular weight is 569 g/mol. The second-order valence-corrected chi connectivity index (χ2v) is 12.2. The number of aliphatic carboxylic acids is 1. The maximum Gasteiger partial charge on any atom is 0.308 e. The lowest BCUT2D eigenvalue weighted by Gasteiger charge is -2.30. The fourth-order valence-corrected chi connectivity index (χ4v) is 5.94. The first-order chi connectivity index (χ1) is 19.7. The molecule has 0 aliphatic carbocycles. The van der Waals surface area contributed by atoms with Crippen LogP contribution in [0.1, 0.15) is 56.3 Å². The molecule has 0 unspecified atom stereocenters. The number of carbonyl (C=O) groups is 2. The van der Waals surface area contributed by atoms with Crippen LogP contribution in [0.15, 0.2) is 36.7 Å². The number of hydrogen-bond donors (Lipinski definition) is 1. The molecule has 1 fully saturated rings. The van der Waals surface area contributed by atoms with Crippen molar-refractivity contribution in [3.8, 4) is 11.5 Å². The van der Waals surface area contributed by atoms with Crippen molar-refractivity contribution < 1.29 is 28.7 Å². The molecule has 1 aromatic carbocycles. The number of carboxylic acids is 1. The SMILES string of the molecule is CCCCN(CCCC[N+](C)(C)C)C(=O)CN1C[C@H](c2ccc3c(c2)OCO3)[C@@H](C(=O)O)[C@@H]1CCc1ncccn1. The van der Waals surface area contributed by atoms with Crippen molar-refractivity contribution in [1.29, 1.82) is 0 Å². The van der Waals surface area contributed by atoms with Gasteiger partial charge in [-0.05, 0) is 49.4 Å². The summed E-state index contributed by atoms with van der Waals surface area (Å²) >= 11 is 0. The average Bonchev–Trinajstić information content (AvgIpc) is 3.55. The van der Waals surface area contributed by atoms with E-state index >= 15 is 0 Å². The van der Waals surface area contributed by atoms with Crippen molar-refractivity contribution >= 4 is 11.9 Å². The topological polar surface area (TPSA) is 105 Å². The van der Waals surface area contributed by atoms with Gasteiger partial charge in [0.2, 0.25) is 12.7 Å². The highest BCUT2D eigenvalue weighted by atomic mass is 16.7. The van der Waals surface area contributed by atoms with Crippen molar-refractivity contribution in [3.05, 3.63) is 48.0 Å². The van der Waals surface area contributed by atoms with Crippen molar-refractivity contribution in [2.75, 3.05) is 60.7 Å². The Kier molecular flexibility index (Phi) is 10.6. The van der Waals surface area contributed by atoms with Crippen molar-refractivity contribution in [2.45, 2.75) is 57.4 Å². The van der Waals surface area contributed by atoms with Crippen molar-refractivity contribution in [3.63, 3.8) is 0 Å². The zero-order chi connectivity index (χ0) is 29.4. The number of hydrogen-bond acceptors (Lipinski definition) is 7. The third kappa shape index (κ3) is 8.39. The van der Waals surface area contributed by atoms with E-state index in [1.54, 1.807) is 18.5 Å². The number of carbonyl (C=O) groups excluding carboxylic acids is 1. The number of aryl methyl sites for hydroxylation is 1. The number of fused-ring (bicyclic) bond motifs is 1. The van der Waals surface area contributed by atoms with Gasteiger partial charge in [0, 0.05) is 50.4 Å². The van der Waals surface area contributed by atoms with E-state index in [0.717, 1.165) is 55.4 Å². The van der Waals surface area contributed by atoms with Gasteiger partial charge in [-0.1, -0.05) is 19.4 Å². The van der Waals surface area contributed by atoms with E-state index in [9.17, 15) is 14.7 Å². The molecular formula is C31H46N5O5+. The molecule has 3 heterocycles. The molecule has 10 nitrogen and oxygen atoms in total. The van der Waals surface area contributed by atoms with Gasteiger partial charge in [0.25, 0.3) is 0 Å². The van der Waals surface area contributed by atoms with Crippen LogP contribution in [-0.2, 0) is 16.0 Å². The number of nitrogens with zero attached hydrogens (tertiary/aromatic N) is 5. The zero-order valence-corrected chi connectivity index (χ0v) is 25.0. The predicted molar refractivity (Wildman–Crippen MR) is 156 cm³/mol. The van der Waals surface area contributed by atoms with Gasteiger partial charge in [-0.25, -0.2) is 9.97 Å². The van der Waals surface area contributed by atoms with Crippen LogP contribution in [0.5, 0.6) is 11.5 Å². The third-order valence-corrected chi connectivity index (χ3v) is 8.12. The molecule has 1 amide bonds. The fraction of sp³-hybridized carbons (Fsp3) is 0.613. The van der Waals surface area contributed by atoms with Gasteiger partial charge in [0.05, 0.1) is 40.2 Å². The quantitative estimate of drug-likeness (QED) is 0.258. The van der Waals surface area contributed by atoms with Gasteiger partial charge in [0.15, 0.2) is 11.5 Å². The summed E-state index contributed by atoms with van der Waals surface area (Å²) in [7, 11) is 6.55. The van der Waals surface area contributed by atoms with Crippen molar-refractivity contribution in [2.24, 2.45) is 5.92 Å². The van der Waals surface area contributed by atoms with Gasteiger partial charge in [-0.2, -0.15) is 0 Å². The first-order valence-corrected chi connectivity index (χ1v) is 14.9. The molecule has 1 aromatic heterocycles. The zero-order valence-electron chi connectivity index (χ0n) is 25.0. The molecule has 2 aromatic rings. The van der Waals surface area contributed by atoms with E-state index in [-0.39, 0.29) is 31.2 Å². The Balaban J connectivity index is 1.54. The second-order valence-electron chi connectivity index (χ2n) is 12.2. The van der Waals surface area contributed by atoms with Crippen LogP contribution in [0.4, 0.5) is 0 Å². The number of amides is 1. The fourth-order valence-electron chi connectivity index (χ4n) is 5.94. The smallest absolute Gasteiger partial charge is 0.308 e. The highest BCUT2D eigenvalue weighted by Gasteiger charge is 2.47. The molecule has 1 saturated heterocycles. The number of quaternary nitrogens is 1. The van der Waals surface area contributed by atoms with E-state index in [0.29, 0.717) is 36.7 Å². The summed E-state index contributed by atoms with van der Waals surface area (Å²) in [5.74, 6) is 0.224. The first-order valence-electron chi connectivity index (χ1n) is 14.9. The molecule has 0 bridgehead atoms. The van der Waals surface area contributed by atoms with E-state index < -0.39 is 11.9 Å². The van der Waals surface area contributed by atoms with Gasteiger partial charge < -0.3 is 24.0 Å². The summed E-state index contributed by atoms with van der Waals surface area (Å²) in [6.45, 7) is 5.48. The number of aromatic nitrogens is 2. The number of unbranched alkanes of at least 4 members (excludes halogenated alkanes) is 2. The molecule has 4 rings (SSSR count). The molecule has 0 saturated carbocycles. The summed E-state index contributed by atoms with van der Waals surface area (Å²) < 4.78 is 12.0. The second kappa shape index (κ2) is 14.1. The molecule has 3 atom stereocenters. The van der Waals surface area contributed by atoms with Gasteiger partial charge >= 0.3 is 5.97 Å². The van der Waals surface area contributed by atoms with Crippen LogP contribution < -0.4 is 9.47 Å². The highest BCUT2D eigenvalue weighted by molar-refractivity contribution is 5.79. The molecule has 1 N–H and O–H groups in total. The molecule has 41 heavy (non-hydrogen) atoms. The lowest BCUT2D eigenvalue weighted by Crippen LogP contribution is -2.45. The summed E-state index contributed by atoms with van der Waals surface area (Å²) in [6, 6.07) is 7.11. The Labute approximate surface area is 243 Å². The van der Waals surface area contributed by atoms with Crippen LogP contribution >= 0.6 is 0 Å². The summed E-state index contributed by atoms with van der Waals surface area (Å²) in [4.78, 5) is 39.3. The minimum atomic E-state index is -0.857. The number of carboxylic acid groups (broad SMARTS) is 1. The summed E-state index contributed by atoms with van der Waals surface area (Å²) in [6.07, 6.45) is 8.46. The summed E-state index contributed by atoms with van der Waals surface area (Å²) in [5, 5.41) is 10.5. The van der Waals surface area contributed by atoms with Crippen LogP contribution in [0.25, 0.3) is 0 Å². The van der Waals surface area contributed by atoms with Gasteiger partial charge in [-0.3, -0.25) is 14.5 Å². The maximum absolute atomic E-state index is 13.8. The summed E-state index contributed by atoms with van der Waals surface area (Å²) in [5.41, 5.74) is 0.890. The van der Waals surface area contributed by atoms with Gasteiger partial charge in [0.1, 0.15) is 5.82 Å². The third-order valence-electron chi connectivity index (χ3n) is 8.12. The minimum absolute atomic E-state index is 0.0696.